The van der Waals surface area contributed by atoms with E-state index in [1.54, 1.807) is 38.4 Å². The van der Waals surface area contributed by atoms with Crippen molar-refractivity contribution in [3.05, 3.63) is 41.7 Å². The molecule has 0 radical (unpaired) electrons. The SMILES string of the molecule is COc1ccccc1CC(CNC(=O)c1cn(CC(=O)N(C)C)nn1)C(=O)O. The number of carbonyl (C=O) groups is 3. The third kappa shape index (κ3) is 5.53. The van der Waals surface area contributed by atoms with Crippen LogP contribution in [0.4, 0.5) is 0 Å². The quantitative estimate of drug-likeness (QED) is 0.620. The molecule has 0 aliphatic carbocycles. The molecule has 0 saturated carbocycles. The fraction of sp³-hybridized carbons (Fsp3) is 0.389. The highest BCUT2D eigenvalue weighted by atomic mass is 16.5. The number of likely N-dealkylation sites (N-methyl/N-ethyl adjacent to an activating group) is 1. The summed E-state index contributed by atoms with van der Waals surface area (Å²) in [7, 11) is 4.74. The average molecular weight is 389 g/mol. The average Bonchev–Trinajstić information content (AvgIpc) is 3.13. The Morgan fingerprint density at radius 3 is 2.64 bits per heavy atom. The summed E-state index contributed by atoms with van der Waals surface area (Å²) >= 11 is 0. The molecule has 0 aliphatic heterocycles. The van der Waals surface area contributed by atoms with Crippen LogP contribution in [0.25, 0.3) is 0 Å². The second kappa shape index (κ2) is 9.49. The molecule has 2 amide bonds. The van der Waals surface area contributed by atoms with Crippen LogP contribution in [-0.2, 0) is 22.6 Å². The lowest BCUT2D eigenvalue weighted by Crippen LogP contribution is -2.34. The summed E-state index contributed by atoms with van der Waals surface area (Å²) < 4.78 is 6.49. The lowest BCUT2D eigenvalue weighted by molar-refractivity contribution is -0.141. The number of ether oxygens (including phenoxy) is 1. The van der Waals surface area contributed by atoms with E-state index in [9.17, 15) is 19.5 Å². The molecule has 1 atom stereocenters. The van der Waals surface area contributed by atoms with Gasteiger partial charge < -0.3 is 20.1 Å². The number of aromatic nitrogens is 3. The first-order chi connectivity index (χ1) is 13.3. The summed E-state index contributed by atoms with van der Waals surface area (Å²) in [6.07, 6.45) is 1.54. The topological polar surface area (TPSA) is 127 Å². The van der Waals surface area contributed by atoms with E-state index in [1.165, 1.54) is 22.9 Å². The lowest BCUT2D eigenvalue weighted by atomic mass is 9.98. The number of carbonyl (C=O) groups excluding carboxylic acids is 2. The molecule has 0 bridgehead atoms. The maximum atomic E-state index is 12.2. The number of carboxylic acid groups (broad SMARTS) is 1. The van der Waals surface area contributed by atoms with Gasteiger partial charge in [-0.05, 0) is 18.1 Å². The van der Waals surface area contributed by atoms with Crippen LogP contribution < -0.4 is 10.1 Å². The highest BCUT2D eigenvalue weighted by Crippen LogP contribution is 2.21. The lowest BCUT2D eigenvalue weighted by Gasteiger charge is -2.15. The Balaban J connectivity index is 1.98. The van der Waals surface area contributed by atoms with Crippen molar-refractivity contribution in [3.8, 4) is 5.75 Å². The van der Waals surface area contributed by atoms with E-state index in [0.717, 1.165) is 5.56 Å². The van der Waals surface area contributed by atoms with E-state index in [4.69, 9.17) is 4.74 Å². The molecule has 10 nitrogen and oxygen atoms in total. The van der Waals surface area contributed by atoms with E-state index in [-0.39, 0.29) is 31.1 Å². The number of nitrogens with one attached hydrogen (secondary N) is 1. The van der Waals surface area contributed by atoms with Crippen molar-refractivity contribution in [1.29, 1.82) is 0 Å². The number of carboxylic acids is 1. The summed E-state index contributed by atoms with van der Waals surface area (Å²) in [5, 5.41) is 19.5. The van der Waals surface area contributed by atoms with Crippen LogP contribution in [0.1, 0.15) is 16.1 Å². The van der Waals surface area contributed by atoms with Crippen molar-refractivity contribution in [2.45, 2.75) is 13.0 Å². The normalized spacial score (nSPS) is 11.5. The first-order valence-corrected chi connectivity index (χ1v) is 8.55. The number of benzene rings is 1. The first-order valence-electron chi connectivity index (χ1n) is 8.55. The molecule has 0 spiro atoms. The molecule has 1 unspecified atom stereocenters. The zero-order chi connectivity index (χ0) is 20.7. The standard InChI is InChI=1S/C18H23N5O5/c1-22(2)16(24)11-23-10-14(20-21-23)17(25)19-9-13(18(26)27)8-12-6-4-5-7-15(12)28-3/h4-7,10,13H,8-9,11H2,1-3H3,(H,19,25)(H,26,27). The smallest absolute Gasteiger partial charge is 0.308 e. The number of aliphatic carboxylic acids is 1. The Morgan fingerprint density at radius 2 is 2.00 bits per heavy atom. The highest BCUT2D eigenvalue weighted by Gasteiger charge is 2.22. The number of nitrogens with zero attached hydrogens (tertiary/aromatic N) is 4. The van der Waals surface area contributed by atoms with Gasteiger partial charge in [-0.15, -0.1) is 5.10 Å². The second-order valence-corrected chi connectivity index (χ2v) is 6.35. The Morgan fingerprint density at radius 1 is 1.29 bits per heavy atom. The number of methoxy groups -OCH3 is 1. The largest absolute Gasteiger partial charge is 0.496 e. The molecule has 1 aromatic heterocycles. The molecular weight excluding hydrogens is 366 g/mol. The van der Waals surface area contributed by atoms with Gasteiger partial charge in [0, 0.05) is 20.6 Å². The van der Waals surface area contributed by atoms with Crippen LogP contribution >= 0.6 is 0 Å². The third-order valence-corrected chi connectivity index (χ3v) is 4.08. The Bertz CT molecular complexity index is 848. The molecule has 0 saturated heterocycles. The highest BCUT2D eigenvalue weighted by molar-refractivity contribution is 5.92. The van der Waals surface area contributed by atoms with E-state index in [1.807, 2.05) is 0 Å². The summed E-state index contributed by atoms with van der Waals surface area (Å²) in [6, 6.07) is 7.12. The number of para-hydroxylation sites is 1. The van der Waals surface area contributed by atoms with Gasteiger partial charge >= 0.3 is 5.97 Å². The van der Waals surface area contributed by atoms with E-state index in [2.05, 4.69) is 15.6 Å². The Kier molecular flexibility index (Phi) is 7.08. The number of rotatable bonds is 9. The van der Waals surface area contributed by atoms with Crippen LogP contribution in [-0.4, -0.2) is 70.5 Å². The molecule has 28 heavy (non-hydrogen) atoms. The minimum Gasteiger partial charge on any atom is -0.496 e. The number of hydrogen-bond donors (Lipinski definition) is 2. The van der Waals surface area contributed by atoms with E-state index < -0.39 is 17.8 Å². The maximum absolute atomic E-state index is 12.2. The van der Waals surface area contributed by atoms with Crippen LogP contribution in [0.3, 0.4) is 0 Å². The summed E-state index contributed by atoms with van der Waals surface area (Å²) in [5.41, 5.74) is 0.743. The van der Waals surface area contributed by atoms with Gasteiger partial charge in [0.15, 0.2) is 5.69 Å². The minimum atomic E-state index is -1.04. The van der Waals surface area contributed by atoms with Gasteiger partial charge in [-0.2, -0.15) is 0 Å². The fourth-order valence-electron chi connectivity index (χ4n) is 2.45. The summed E-state index contributed by atoms with van der Waals surface area (Å²) in [4.78, 5) is 36.9. The summed E-state index contributed by atoms with van der Waals surface area (Å²) in [6.45, 7) is -0.130. The van der Waals surface area contributed by atoms with Crippen LogP contribution in [0.15, 0.2) is 30.5 Å². The van der Waals surface area contributed by atoms with Crippen LogP contribution in [0, 0.1) is 5.92 Å². The van der Waals surface area contributed by atoms with E-state index >= 15 is 0 Å². The van der Waals surface area contributed by atoms with Crippen LogP contribution in [0.5, 0.6) is 5.75 Å². The second-order valence-electron chi connectivity index (χ2n) is 6.35. The maximum Gasteiger partial charge on any atom is 0.308 e. The third-order valence-electron chi connectivity index (χ3n) is 4.08. The summed E-state index contributed by atoms with van der Waals surface area (Å²) in [5.74, 6) is -2.04. The zero-order valence-electron chi connectivity index (χ0n) is 16.0. The molecule has 2 N–H and O–H groups in total. The van der Waals surface area contributed by atoms with Crippen molar-refractivity contribution < 1.29 is 24.2 Å². The predicted octanol–water partition coefficient (Wildman–Crippen LogP) is 0.0482. The van der Waals surface area contributed by atoms with E-state index in [0.29, 0.717) is 5.75 Å². The van der Waals surface area contributed by atoms with Gasteiger partial charge in [0.1, 0.15) is 12.3 Å². The van der Waals surface area contributed by atoms with Crippen molar-refractivity contribution in [2.75, 3.05) is 27.7 Å². The van der Waals surface area contributed by atoms with Crippen LogP contribution in [0.2, 0.25) is 0 Å². The molecule has 2 aromatic rings. The van der Waals surface area contributed by atoms with Gasteiger partial charge in [-0.1, -0.05) is 23.4 Å². The fourth-order valence-corrected chi connectivity index (χ4v) is 2.45. The predicted molar refractivity (Wildman–Crippen MR) is 98.9 cm³/mol. The van der Waals surface area contributed by atoms with Crippen molar-refractivity contribution in [3.63, 3.8) is 0 Å². The first kappa shape index (κ1) is 20.9. The number of hydrogen-bond acceptors (Lipinski definition) is 6. The molecule has 150 valence electrons. The van der Waals surface area contributed by atoms with Crippen molar-refractivity contribution >= 4 is 17.8 Å². The Labute approximate surface area is 162 Å². The molecule has 0 fully saturated rings. The molecule has 0 aliphatic rings. The zero-order valence-corrected chi connectivity index (χ0v) is 16.0. The van der Waals surface area contributed by atoms with Gasteiger partial charge in [-0.3, -0.25) is 14.4 Å². The minimum absolute atomic E-state index is 0.00739. The molecule has 2 rings (SSSR count). The van der Waals surface area contributed by atoms with Crippen molar-refractivity contribution in [2.24, 2.45) is 5.92 Å². The monoisotopic (exact) mass is 389 g/mol. The van der Waals surface area contributed by atoms with Gasteiger partial charge in [0.05, 0.1) is 19.2 Å². The van der Waals surface area contributed by atoms with Gasteiger partial charge in [0.25, 0.3) is 5.91 Å². The molecular formula is C18H23N5O5. The van der Waals surface area contributed by atoms with Gasteiger partial charge in [0.2, 0.25) is 5.91 Å². The Hall–Kier alpha value is -3.43. The van der Waals surface area contributed by atoms with Crippen molar-refractivity contribution in [1.82, 2.24) is 25.2 Å². The molecule has 1 heterocycles. The molecule has 10 heteroatoms. The van der Waals surface area contributed by atoms with Gasteiger partial charge in [-0.25, -0.2) is 4.68 Å². The molecule has 1 aromatic carbocycles. The number of amides is 2.